The van der Waals surface area contributed by atoms with Gasteiger partial charge in [0.25, 0.3) is 0 Å². The summed E-state index contributed by atoms with van der Waals surface area (Å²) in [5, 5.41) is 5.11. The van der Waals surface area contributed by atoms with Crippen molar-refractivity contribution in [1.82, 2.24) is 0 Å². The van der Waals surface area contributed by atoms with Crippen molar-refractivity contribution in [3.8, 4) is 0 Å². The van der Waals surface area contributed by atoms with Gasteiger partial charge in [0.15, 0.2) is 6.29 Å². The van der Waals surface area contributed by atoms with Gasteiger partial charge in [0.1, 0.15) is 0 Å². The monoisotopic (exact) mass is 500 g/mol. The molecule has 4 heteroatoms. The summed E-state index contributed by atoms with van der Waals surface area (Å²) in [6, 6.07) is 32.3. The van der Waals surface area contributed by atoms with Crippen LogP contribution in [0.15, 0.2) is 91.0 Å². The van der Waals surface area contributed by atoms with Crippen molar-refractivity contribution in [2.75, 3.05) is 5.33 Å². The van der Waals surface area contributed by atoms with E-state index in [1.807, 2.05) is 27.7 Å². The molecular weight excluding hydrogens is 467 g/mol. The van der Waals surface area contributed by atoms with E-state index >= 15 is 0 Å². The summed E-state index contributed by atoms with van der Waals surface area (Å²) in [5.41, 5.74) is 0. The predicted molar refractivity (Wildman–Crippen MR) is 140 cm³/mol. The third kappa shape index (κ3) is 9.66. The first-order valence-corrected chi connectivity index (χ1v) is 13.3. The lowest BCUT2D eigenvalue weighted by Crippen LogP contribution is -2.24. The average Bonchev–Trinajstić information content (AvgIpc) is 2.76. The van der Waals surface area contributed by atoms with Gasteiger partial charge in [0.2, 0.25) is 0 Å². The second-order valence-corrected chi connectivity index (χ2v) is 10.6. The predicted octanol–water partition coefficient (Wildman–Crippen LogP) is 6.39. The summed E-state index contributed by atoms with van der Waals surface area (Å²) in [4.78, 5) is 0. The van der Waals surface area contributed by atoms with Crippen molar-refractivity contribution < 1.29 is 9.47 Å². The molecule has 31 heavy (non-hydrogen) atoms. The highest BCUT2D eigenvalue weighted by molar-refractivity contribution is 9.09. The van der Waals surface area contributed by atoms with Gasteiger partial charge < -0.3 is 9.47 Å². The van der Waals surface area contributed by atoms with Gasteiger partial charge in [-0.2, -0.15) is 0 Å². The molecule has 0 atom stereocenters. The third-order valence-electron chi connectivity index (χ3n) is 4.24. The van der Waals surface area contributed by atoms with Gasteiger partial charge in [-0.1, -0.05) is 107 Å². The van der Waals surface area contributed by atoms with Crippen LogP contribution in [0, 0.1) is 0 Å². The lowest BCUT2D eigenvalue weighted by atomic mass is 10.4. The molecule has 0 amide bonds. The highest BCUT2D eigenvalue weighted by Gasteiger charge is 2.15. The summed E-state index contributed by atoms with van der Waals surface area (Å²) in [7, 11) is -0.446. The summed E-state index contributed by atoms with van der Waals surface area (Å²) in [5.74, 6) is 0. The van der Waals surface area contributed by atoms with Gasteiger partial charge >= 0.3 is 0 Å². The van der Waals surface area contributed by atoms with Crippen LogP contribution in [-0.4, -0.2) is 23.8 Å². The molecule has 0 unspecified atom stereocenters. The summed E-state index contributed by atoms with van der Waals surface area (Å²) >= 11 is 3.37. The maximum atomic E-state index is 5.55. The molecule has 0 aliphatic carbocycles. The molecule has 2 nitrogen and oxygen atoms in total. The minimum Gasteiger partial charge on any atom is -0.350 e. The highest BCUT2D eigenvalue weighted by Crippen LogP contribution is 2.32. The van der Waals surface area contributed by atoms with Gasteiger partial charge in [0, 0.05) is 11.8 Å². The van der Waals surface area contributed by atoms with E-state index in [-0.39, 0.29) is 18.5 Å². The Morgan fingerprint density at radius 1 is 0.613 bits per heavy atom. The topological polar surface area (TPSA) is 18.5 Å². The van der Waals surface area contributed by atoms with Crippen LogP contribution in [0.25, 0.3) is 0 Å². The first-order chi connectivity index (χ1) is 15.0. The Hall–Kier alpha value is -1.51. The van der Waals surface area contributed by atoms with Crippen LogP contribution in [0.4, 0.5) is 0 Å². The number of halogens is 1. The SMILES string of the molecule is CC(C)OC(CCBr)OC(C)C.c1ccc(P(c2ccccc2)c2ccccc2)cc1. The fourth-order valence-electron chi connectivity index (χ4n) is 3.04. The number of hydrogen-bond donors (Lipinski definition) is 0. The van der Waals surface area contributed by atoms with Crippen molar-refractivity contribution in [3.05, 3.63) is 91.0 Å². The van der Waals surface area contributed by atoms with E-state index in [0.29, 0.717) is 0 Å². The largest absolute Gasteiger partial charge is 0.350 e. The fraction of sp³-hybridized carbons (Fsp3) is 0.333. The Bertz CT molecular complexity index is 722. The van der Waals surface area contributed by atoms with Crippen molar-refractivity contribution in [1.29, 1.82) is 0 Å². The van der Waals surface area contributed by atoms with Crippen molar-refractivity contribution in [3.63, 3.8) is 0 Å². The first-order valence-electron chi connectivity index (χ1n) is 10.8. The number of rotatable bonds is 9. The molecule has 0 radical (unpaired) electrons. The molecule has 166 valence electrons. The van der Waals surface area contributed by atoms with Crippen LogP contribution in [0.2, 0.25) is 0 Å². The molecule has 0 N–H and O–H groups in total. The number of ether oxygens (including phenoxy) is 2. The number of hydrogen-bond acceptors (Lipinski definition) is 2. The minimum absolute atomic E-state index is 0.0654. The molecule has 0 aliphatic heterocycles. The van der Waals surface area contributed by atoms with Gasteiger partial charge in [-0.15, -0.1) is 0 Å². The van der Waals surface area contributed by atoms with Gasteiger partial charge in [-0.05, 0) is 51.5 Å². The molecule has 0 fully saturated rings. The minimum atomic E-state index is -0.446. The summed E-state index contributed by atoms with van der Waals surface area (Å²) in [6.45, 7) is 8.08. The number of benzene rings is 3. The summed E-state index contributed by atoms with van der Waals surface area (Å²) < 4.78 is 11.1. The Kier molecular flexibility index (Phi) is 12.1. The summed E-state index contributed by atoms with van der Waals surface area (Å²) in [6.07, 6.45) is 1.29. The van der Waals surface area contributed by atoms with Crippen molar-refractivity contribution in [2.45, 2.75) is 52.6 Å². The fourth-order valence-corrected chi connectivity index (χ4v) is 5.72. The van der Waals surface area contributed by atoms with E-state index in [1.54, 1.807) is 0 Å². The quantitative estimate of drug-likeness (QED) is 0.192. The average molecular weight is 501 g/mol. The second kappa shape index (κ2) is 14.5. The maximum absolute atomic E-state index is 5.55. The number of alkyl halides is 1. The Labute approximate surface area is 197 Å². The molecule has 3 aromatic carbocycles. The molecule has 0 saturated heterocycles. The molecule has 3 aromatic rings. The Morgan fingerprint density at radius 2 is 0.935 bits per heavy atom. The lowest BCUT2D eigenvalue weighted by molar-refractivity contribution is -0.180. The van der Waals surface area contributed by atoms with Crippen LogP contribution < -0.4 is 15.9 Å². The highest BCUT2D eigenvalue weighted by atomic mass is 79.9. The standard InChI is InChI=1S/C18H15P.C9H19BrO2/c1-4-10-16(11-5-1)19(17-12-6-2-7-13-17)18-14-8-3-9-15-18;1-7(2)11-9(5-6-10)12-8(3)4/h1-15H;7-9H,5-6H2,1-4H3. The lowest BCUT2D eigenvalue weighted by Gasteiger charge is -2.22. The van der Waals surface area contributed by atoms with Gasteiger partial charge in [-0.25, -0.2) is 0 Å². The van der Waals surface area contributed by atoms with E-state index < -0.39 is 7.92 Å². The zero-order chi connectivity index (χ0) is 22.5. The Balaban J connectivity index is 0.000000248. The molecular formula is C27H34BrO2P. The van der Waals surface area contributed by atoms with Crippen molar-refractivity contribution >= 4 is 39.8 Å². The molecule has 0 aromatic heterocycles. The van der Waals surface area contributed by atoms with Crippen LogP contribution in [0.1, 0.15) is 34.1 Å². The molecule has 0 bridgehead atoms. The van der Waals surface area contributed by atoms with Crippen LogP contribution >= 0.6 is 23.9 Å². The maximum Gasteiger partial charge on any atom is 0.159 e. The smallest absolute Gasteiger partial charge is 0.159 e. The van der Waals surface area contributed by atoms with Crippen LogP contribution in [-0.2, 0) is 9.47 Å². The van der Waals surface area contributed by atoms with Crippen molar-refractivity contribution in [2.24, 2.45) is 0 Å². The van der Waals surface area contributed by atoms with Gasteiger partial charge in [-0.3, -0.25) is 0 Å². The molecule has 3 rings (SSSR count). The Morgan fingerprint density at radius 3 is 1.19 bits per heavy atom. The van der Waals surface area contributed by atoms with Gasteiger partial charge in [0.05, 0.1) is 12.2 Å². The van der Waals surface area contributed by atoms with Crippen LogP contribution in [0.3, 0.4) is 0 Å². The van der Waals surface area contributed by atoms with E-state index in [2.05, 4.69) is 107 Å². The molecule has 0 spiro atoms. The van der Waals surface area contributed by atoms with Crippen LogP contribution in [0.5, 0.6) is 0 Å². The second-order valence-electron chi connectivity index (χ2n) is 7.62. The molecule has 0 aliphatic rings. The third-order valence-corrected chi connectivity index (χ3v) is 7.14. The zero-order valence-corrected chi connectivity index (χ0v) is 21.4. The molecule has 0 saturated carbocycles. The molecule has 0 heterocycles. The van der Waals surface area contributed by atoms with E-state index in [0.717, 1.165) is 11.8 Å². The normalized spacial score (nSPS) is 11.1. The van der Waals surface area contributed by atoms with E-state index in [4.69, 9.17) is 9.47 Å². The zero-order valence-electron chi connectivity index (χ0n) is 18.9. The first kappa shape index (κ1) is 25.7. The van der Waals surface area contributed by atoms with E-state index in [1.165, 1.54) is 15.9 Å². The van der Waals surface area contributed by atoms with E-state index in [9.17, 15) is 0 Å².